The molecule has 2 N–H and O–H groups in total. The molecule has 2 amide bonds. The molecule has 1 aromatic heterocycles. The van der Waals surface area contributed by atoms with Crippen LogP contribution in [0.15, 0.2) is 22.6 Å². The molecule has 2 fully saturated rings. The monoisotopic (exact) mass is 419 g/mol. The highest BCUT2D eigenvalue weighted by atomic mass is 35.5. The highest BCUT2D eigenvalue weighted by molar-refractivity contribution is 6.31. The van der Waals surface area contributed by atoms with Crippen LogP contribution in [0.2, 0.25) is 5.02 Å². The van der Waals surface area contributed by atoms with E-state index in [0.717, 1.165) is 44.2 Å². The summed E-state index contributed by atoms with van der Waals surface area (Å²) in [5, 5.41) is 8.00. The Hall–Kier alpha value is -2.25. The summed E-state index contributed by atoms with van der Waals surface area (Å²) in [6.45, 7) is 3.20. The van der Waals surface area contributed by atoms with Crippen LogP contribution in [-0.4, -0.2) is 55.0 Å². The van der Waals surface area contributed by atoms with E-state index in [1.807, 2.05) is 4.90 Å². The Bertz CT molecular complexity index is 920. The number of amides is 2. The van der Waals surface area contributed by atoms with Crippen molar-refractivity contribution in [3.05, 3.63) is 29.0 Å². The number of piperidine rings is 1. The number of fused-ring (bicyclic) bond motifs is 1. The average Bonchev–Trinajstić information content (AvgIpc) is 3.13. The molecule has 7 nitrogen and oxygen atoms in total. The fraction of sp³-hybridized carbons (Fsp3) is 0.524. The minimum Gasteiger partial charge on any atom is -0.493 e. The molecule has 2 aliphatic rings. The number of nitrogens with one attached hydrogen (secondary N) is 2. The largest absolute Gasteiger partial charge is 0.493 e. The molecule has 156 valence electrons. The van der Waals surface area contributed by atoms with Crippen LogP contribution in [0.25, 0.3) is 11.0 Å². The standard InChI is InChI=1S/C21H26ClN3O4/c1-12(26)25-7-5-15(6-8-25)23-16-3-4-17(16)24-21(27)19-10-13-9-14(22)11-18(28-2)20(13)29-19/h9-11,15-17,23H,3-8H2,1-2H3,(H,24,27)/t16-,17+/m1/s1. The second-order valence-corrected chi connectivity index (χ2v) is 8.28. The second kappa shape index (κ2) is 8.24. The molecule has 8 heteroatoms. The molecule has 4 rings (SSSR count). The van der Waals surface area contributed by atoms with Crippen molar-refractivity contribution in [2.75, 3.05) is 20.2 Å². The van der Waals surface area contributed by atoms with Crippen LogP contribution in [0.4, 0.5) is 0 Å². The summed E-state index contributed by atoms with van der Waals surface area (Å²) >= 11 is 6.09. The van der Waals surface area contributed by atoms with Gasteiger partial charge in [-0.25, -0.2) is 0 Å². The molecule has 0 unspecified atom stereocenters. The van der Waals surface area contributed by atoms with E-state index in [2.05, 4.69) is 10.6 Å². The van der Waals surface area contributed by atoms with E-state index < -0.39 is 0 Å². The lowest BCUT2D eigenvalue weighted by Gasteiger charge is -2.42. The zero-order valence-corrected chi connectivity index (χ0v) is 17.4. The van der Waals surface area contributed by atoms with Crippen molar-refractivity contribution in [3.8, 4) is 5.75 Å². The summed E-state index contributed by atoms with van der Waals surface area (Å²) in [7, 11) is 1.54. The third kappa shape index (κ3) is 4.21. The summed E-state index contributed by atoms with van der Waals surface area (Å²) < 4.78 is 11.0. The molecular weight excluding hydrogens is 394 g/mol. The molecular formula is C21H26ClN3O4. The molecule has 2 atom stereocenters. The minimum absolute atomic E-state index is 0.0760. The molecule has 1 aliphatic heterocycles. The smallest absolute Gasteiger partial charge is 0.287 e. The van der Waals surface area contributed by atoms with Crippen molar-refractivity contribution in [1.82, 2.24) is 15.5 Å². The van der Waals surface area contributed by atoms with Gasteiger partial charge in [0.25, 0.3) is 5.91 Å². The predicted molar refractivity (Wildman–Crippen MR) is 110 cm³/mol. The highest BCUT2D eigenvalue weighted by Gasteiger charge is 2.35. The average molecular weight is 420 g/mol. The van der Waals surface area contributed by atoms with Crippen molar-refractivity contribution in [2.24, 2.45) is 0 Å². The molecule has 2 heterocycles. The molecule has 1 saturated carbocycles. The molecule has 1 aromatic carbocycles. The first kappa shape index (κ1) is 20.0. The van der Waals surface area contributed by atoms with Gasteiger partial charge in [-0.2, -0.15) is 0 Å². The molecule has 1 saturated heterocycles. The number of methoxy groups -OCH3 is 1. The van der Waals surface area contributed by atoms with Gasteiger partial charge in [0.15, 0.2) is 17.1 Å². The van der Waals surface area contributed by atoms with Gasteiger partial charge in [0.1, 0.15) is 0 Å². The van der Waals surface area contributed by atoms with Gasteiger partial charge in [-0.3, -0.25) is 9.59 Å². The molecule has 0 bridgehead atoms. The third-order valence-corrected chi connectivity index (χ3v) is 6.19. The van der Waals surface area contributed by atoms with E-state index in [1.165, 1.54) is 0 Å². The van der Waals surface area contributed by atoms with Gasteiger partial charge in [-0.15, -0.1) is 0 Å². The fourth-order valence-electron chi connectivity index (χ4n) is 4.12. The number of hydrogen-bond acceptors (Lipinski definition) is 5. The van der Waals surface area contributed by atoms with Crippen LogP contribution in [0, 0.1) is 0 Å². The van der Waals surface area contributed by atoms with Gasteiger partial charge in [0.2, 0.25) is 5.91 Å². The Labute approximate surface area is 174 Å². The summed E-state index contributed by atoms with van der Waals surface area (Å²) in [5.41, 5.74) is 0.516. The number of carbonyl (C=O) groups is 2. The first-order valence-corrected chi connectivity index (χ1v) is 10.4. The number of ether oxygens (including phenoxy) is 1. The number of hydrogen-bond donors (Lipinski definition) is 2. The normalized spacial score (nSPS) is 22.4. The van der Waals surface area contributed by atoms with E-state index in [-0.39, 0.29) is 29.7 Å². The predicted octanol–water partition coefficient (Wildman–Crippen LogP) is 2.96. The van der Waals surface area contributed by atoms with Gasteiger partial charge in [0.05, 0.1) is 7.11 Å². The number of halogens is 1. The molecule has 0 spiro atoms. The molecule has 1 aliphatic carbocycles. The van der Waals surface area contributed by atoms with Crippen LogP contribution < -0.4 is 15.4 Å². The van der Waals surface area contributed by atoms with E-state index in [9.17, 15) is 9.59 Å². The molecule has 2 aromatic rings. The van der Waals surface area contributed by atoms with Gasteiger partial charge in [-0.1, -0.05) is 11.6 Å². The first-order chi connectivity index (χ1) is 13.9. The fourth-order valence-corrected chi connectivity index (χ4v) is 4.34. The SMILES string of the molecule is COc1cc(Cl)cc2cc(C(=O)N[C@H]3CC[C@H]3NC3CCN(C(C)=O)CC3)oc12. The maximum atomic E-state index is 12.7. The van der Waals surface area contributed by atoms with Crippen LogP contribution in [0.5, 0.6) is 5.75 Å². The molecule has 0 radical (unpaired) electrons. The van der Waals surface area contributed by atoms with Crippen LogP contribution >= 0.6 is 11.6 Å². The van der Waals surface area contributed by atoms with E-state index in [0.29, 0.717) is 22.4 Å². The van der Waals surface area contributed by atoms with Crippen molar-refractivity contribution < 1.29 is 18.7 Å². The summed E-state index contributed by atoms with van der Waals surface area (Å²) in [5.74, 6) is 0.663. The number of rotatable bonds is 5. The Balaban J connectivity index is 1.35. The topological polar surface area (TPSA) is 83.8 Å². The van der Waals surface area contributed by atoms with Gasteiger partial charge in [0, 0.05) is 54.6 Å². The van der Waals surface area contributed by atoms with E-state index >= 15 is 0 Å². The van der Waals surface area contributed by atoms with Crippen molar-refractivity contribution >= 4 is 34.4 Å². The Morgan fingerprint density at radius 2 is 1.86 bits per heavy atom. The highest BCUT2D eigenvalue weighted by Crippen LogP contribution is 2.32. The van der Waals surface area contributed by atoms with E-state index in [1.54, 1.807) is 32.2 Å². The third-order valence-electron chi connectivity index (χ3n) is 5.97. The quantitative estimate of drug-likeness (QED) is 0.778. The summed E-state index contributed by atoms with van der Waals surface area (Å²) in [6.07, 6.45) is 3.86. The minimum atomic E-state index is -0.234. The number of nitrogens with zero attached hydrogens (tertiary/aromatic N) is 1. The maximum absolute atomic E-state index is 12.7. The van der Waals surface area contributed by atoms with E-state index in [4.69, 9.17) is 20.8 Å². The Morgan fingerprint density at radius 3 is 2.48 bits per heavy atom. The summed E-state index contributed by atoms with van der Waals surface area (Å²) in [6, 6.07) is 5.82. The second-order valence-electron chi connectivity index (χ2n) is 7.85. The lowest BCUT2D eigenvalue weighted by molar-refractivity contribution is -0.129. The zero-order valence-electron chi connectivity index (χ0n) is 16.7. The van der Waals surface area contributed by atoms with Crippen molar-refractivity contribution in [2.45, 2.75) is 50.7 Å². The number of benzene rings is 1. The Morgan fingerprint density at radius 1 is 1.14 bits per heavy atom. The number of carbonyl (C=O) groups excluding carboxylic acids is 2. The lowest BCUT2D eigenvalue weighted by Crippen LogP contribution is -2.60. The maximum Gasteiger partial charge on any atom is 0.287 e. The lowest BCUT2D eigenvalue weighted by atomic mass is 9.85. The first-order valence-electron chi connectivity index (χ1n) is 10.0. The van der Waals surface area contributed by atoms with Crippen LogP contribution in [-0.2, 0) is 4.79 Å². The number of furan rings is 1. The van der Waals surface area contributed by atoms with Gasteiger partial charge in [-0.05, 0) is 37.8 Å². The van der Waals surface area contributed by atoms with Crippen LogP contribution in [0.3, 0.4) is 0 Å². The summed E-state index contributed by atoms with van der Waals surface area (Å²) in [4.78, 5) is 26.1. The van der Waals surface area contributed by atoms with Crippen molar-refractivity contribution in [1.29, 1.82) is 0 Å². The Kier molecular flexibility index (Phi) is 5.69. The van der Waals surface area contributed by atoms with Crippen LogP contribution in [0.1, 0.15) is 43.2 Å². The molecule has 29 heavy (non-hydrogen) atoms. The number of likely N-dealkylation sites (tertiary alicyclic amines) is 1. The zero-order chi connectivity index (χ0) is 20.5. The van der Waals surface area contributed by atoms with Gasteiger partial charge >= 0.3 is 0 Å². The van der Waals surface area contributed by atoms with Crippen molar-refractivity contribution in [3.63, 3.8) is 0 Å². The van der Waals surface area contributed by atoms with Gasteiger partial charge < -0.3 is 24.7 Å².